The summed E-state index contributed by atoms with van der Waals surface area (Å²) in [7, 11) is 0. The molecular formula is C21H29NO4. The fraction of sp³-hybridized carbons (Fsp3) is 0.524. The number of aliphatic hydroxyl groups is 1. The summed E-state index contributed by atoms with van der Waals surface area (Å²) in [6.45, 7) is 7.02. The number of nitrogens with zero attached hydrogens (tertiary/aromatic N) is 1. The fourth-order valence-corrected chi connectivity index (χ4v) is 3.33. The first-order chi connectivity index (χ1) is 12.6. The third-order valence-corrected chi connectivity index (χ3v) is 4.66. The first kappa shape index (κ1) is 19.0. The lowest BCUT2D eigenvalue weighted by atomic mass is 10.2. The highest BCUT2D eigenvalue weighted by Crippen LogP contribution is 2.18. The number of ether oxygens (including phenoxy) is 2. The average molecular weight is 359 g/mol. The summed E-state index contributed by atoms with van der Waals surface area (Å²) in [5.74, 6) is 2.63. The van der Waals surface area contributed by atoms with Gasteiger partial charge in [0.15, 0.2) is 0 Å². The van der Waals surface area contributed by atoms with Crippen molar-refractivity contribution in [1.82, 2.24) is 4.90 Å². The van der Waals surface area contributed by atoms with Crippen molar-refractivity contribution in [3.63, 3.8) is 0 Å². The predicted molar refractivity (Wildman–Crippen MR) is 100 cm³/mol. The van der Waals surface area contributed by atoms with E-state index >= 15 is 0 Å². The second kappa shape index (κ2) is 9.21. The van der Waals surface area contributed by atoms with Crippen LogP contribution in [0.2, 0.25) is 0 Å². The zero-order chi connectivity index (χ0) is 18.4. The van der Waals surface area contributed by atoms with E-state index in [1.54, 1.807) is 0 Å². The van der Waals surface area contributed by atoms with Gasteiger partial charge in [-0.3, -0.25) is 4.90 Å². The lowest BCUT2D eigenvalue weighted by molar-refractivity contribution is 0.0289. The highest BCUT2D eigenvalue weighted by Gasteiger charge is 2.22. The molecule has 1 aromatic carbocycles. The van der Waals surface area contributed by atoms with Crippen molar-refractivity contribution in [3.8, 4) is 5.75 Å². The molecule has 2 unspecified atom stereocenters. The van der Waals surface area contributed by atoms with E-state index in [0.717, 1.165) is 48.8 Å². The molecule has 1 aliphatic heterocycles. The van der Waals surface area contributed by atoms with Crippen LogP contribution in [-0.4, -0.2) is 48.5 Å². The zero-order valence-corrected chi connectivity index (χ0v) is 15.7. The number of hydrogen-bond acceptors (Lipinski definition) is 5. The van der Waals surface area contributed by atoms with Crippen LogP contribution in [0, 0.1) is 13.8 Å². The Morgan fingerprint density at radius 1 is 1.23 bits per heavy atom. The number of rotatable bonds is 9. The molecule has 0 radical (unpaired) electrons. The lowest BCUT2D eigenvalue weighted by Gasteiger charge is -2.26. The van der Waals surface area contributed by atoms with Gasteiger partial charge in [-0.1, -0.05) is 18.2 Å². The van der Waals surface area contributed by atoms with Crippen molar-refractivity contribution >= 4 is 0 Å². The van der Waals surface area contributed by atoms with Gasteiger partial charge in [0.1, 0.15) is 30.0 Å². The molecule has 0 spiro atoms. The maximum Gasteiger partial charge on any atom is 0.122 e. The fourth-order valence-electron chi connectivity index (χ4n) is 3.33. The van der Waals surface area contributed by atoms with Gasteiger partial charge in [-0.25, -0.2) is 0 Å². The van der Waals surface area contributed by atoms with Crippen LogP contribution < -0.4 is 4.74 Å². The van der Waals surface area contributed by atoms with E-state index < -0.39 is 6.10 Å². The van der Waals surface area contributed by atoms with Crippen molar-refractivity contribution in [2.24, 2.45) is 0 Å². The molecule has 0 saturated carbocycles. The second-order valence-corrected chi connectivity index (χ2v) is 7.07. The number of furan rings is 1. The van der Waals surface area contributed by atoms with Crippen LogP contribution in [0.5, 0.6) is 5.75 Å². The minimum atomic E-state index is -0.577. The van der Waals surface area contributed by atoms with E-state index in [4.69, 9.17) is 13.9 Å². The molecule has 2 aromatic rings. The van der Waals surface area contributed by atoms with Gasteiger partial charge in [0.25, 0.3) is 0 Å². The monoisotopic (exact) mass is 359 g/mol. The minimum absolute atomic E-state index is 0.232. The smallest absolute Gasteiger partial charge is 0.122 e. The maximum absolute atomic E-state index is 10.5. The van der Waals surface area contributed by atoms with Gasteiger partial charge in [0, 0.05) is 19.7 Å². The molecule has 1 aromatic heterocycles. The summed E-state index contributed by atoms with van der Waals surface area (Å²) in [6.07, 6.45) is 1.84. The maximum atomic E-state index is 10.5. The summed E-state index contributed by atoms with van der Waals surface area (Å²) in [5.41, 5.74) is 1.07. The summed E-state index contributed by atoms with van der Waals surface area (Å²) in [6, 6.07) is 11.8. The zero-order valence-electron chi connectivity index (χ0n) is 15.7. The number of aryl methyl sites for hydroxylation is 2. The Labute approximate surface area is 155 Å². The standard InChI is InChI=1S/C21H29NO4/c1-16-6-3-4-8-21(16)25-15-18(23)12-22(13-19-7-5-11-24-19)14-20-10-9-17(2)26-20/h3-4,6,8-10,18-19,23H,5,7,11-15H2,1-2H3. The van der Waals surface area contributed by atoms with E-state index in [9.17, 15) is 5.11 Å². The van der Waals surface area contributed by atoms with E-state index in [2.05, 4.69) is 4.90 Å². The number of aliphatic hydroxyl groups excluding tert-OH is 1. The third kappa shape index (κ3) is 5.59. The van der Waals surface area contributed by atoms with Gasteiger partial charge in [0.05, 0.1) is 12.6 Å². The first-order valence-electron chi connectivity index (χ1n) is 9.36. The topological polar surface area (TPSA) is 55.1 Å². The molecule has 0 aliphatic carbocycles. The summed E-state index contributed by atoms with van der Waals surface area (Å²) in [5, 5.41) is 10.5. The predicted octanol–water partition coefficient (Wildman–Crippen LogP) is 3.32. The molecule has 3 rings (SSSR count). The van der Waals surface area contributed by atoms with E-state index in [-0.39, 0.29) is 12.7 Å². The molecule has 1 fully saturated rings. The molecular weight excluding hydrogens is 330 g/mol. The number of hydrogen-bond donors (Lipinski definition) is 1. The van der Waals surface area contributed by atoms with Gasteiger partial charge >= 0.3 is 0 Å². The Morgan fingerprint density at radius 3 is 2.77 bits per heavy atom. The Kier molecular flexibility index (Phi) is 6.72. The van der Waals surface area contributed by atoms with Gasteiger partial charge in [0.2, 0.25) is 0 Å². The quantitative estimate of drug-likeness (QED) is 0.744. The summed E-state index contributed by atoms with van der Waals surface area (Å²) in [4.78, 5) is 2.19. The van der Waals surface area contributed by atoms with Gasteiger partial charge in [-0.05, 0) is 50.5 Å². The third-order valence-electron chi connectivity index (χ3n) is 4.66. The number of benzene rings is 1. The molecule has 1 N–H and O–H groups in total. The van der Waals surface area contributed by atoms with Crippen LogP contribution in [0.25, 0.3) is 0 Å². The Balaban J connectivity index is 1.55. The summed E-state index contributed by atoms with van der Waals surface area (Å²) >= 11 is 0. The van der Waals surface area contributed by atoms with Crippen LogP contribution in [0.15, 0.2) is 40.8 Å². The molecule has 0 bridgehead atoms. The van der Waals surface area contributed by atoms with Gasteiger partial charge in [-0.2, -0.15) is 0 Å². The van der Waals surface area contributed by atoms with Crippen LogP contribution in [0.3, 0.4) is 0 Å². The van der Waals surface area contributed by atoms with Gasteiger partial charge < -0.3 is 19.0 Å². The van der Waals surface area contributed by atoms with Crippen LogP contribution >= 0.6 is 0 Å². The molecule has 0 amide bonds. The summed E-state index contributed by atoms with van der Waals surface area (Å²) < 4.78 is 17.3. The van der Waals surface area contributed by atoms with E-state index in [0.29, 0.717) is 13.1 Å². The molecule has 1 saturated heterocycles. The van der Waals surface area contributed by atoms with Crippen LogP contribution in [-0.2, 0) is 11.3 Å². The Bertz CT molecular complexity index is 678. The lowest BCUT2D eigenvalue weighted by Crippen LogP contribution is -2.39. The Hall–Kier alpha value is -1.82. The Morgan fingerprint density at radius 2 is 2.08 bits per heavy atom. The van der Waals surface area contributed by atoms with Crippen molar-refractivity contribution in [1.29, 1.82) is 0 Å². The van der Waals surface area contributed by atoms with Crippen LogP contribution in [0.1, 0.15) is 29.9 Å². The highest BCUT2D eigenvalue weighted by molar-refractivity contribution is 5.31. The highest BCUT2D eigenvalue weighted by atomic mass is 16.5. The largest absolute Gasteiger partial charge is 0.491 e. The molecule has 2 atom stereocenters. The van der Waals surface area contributed by atoms with E-state index in [1.165, 1.54) is 0 Å². The van der Waals surface area contributed by atoms with Crippen molar-refractivity contribution in [2.45, 2.75) is 45.4 Å². The van der Waals surface area contributed by atoms with Gasteiger partial charge in [-0.15, -0.1) is 0 Å². The van der Waals surface area contributed by atoms with Crippen molar-refractivity contribution < 1.29 is 19.0 Å². The normalized spacial score (nSPS) is 18.4. The molecule has 142 valence electrons. The molecule has 5 nitrogen and oxygen atoms in total. The number of para-hydroxylation sites is 1. The SMILES string of the molecule is Cc1ccc(CN(CC(O)COc2ccccc2C)CC2CCCO2)o1. The van der Waals surface area contributed by atoms with Crippen molar-refractivity contribution in [3.05, 3.63) is 53.5 Å². The molecule has 1 aliphatic rings. The molecule has 26 heavy (non-hydrogen) atoms. The van der Waals surface area contributed by atoms with Crippen molar-refractivity contribution in [2.75, 3.05) is 26.3 Å². The first-order valence-corrected chi connectivity index (χ1v) is 9.36. The van der Waals surface area contributed by atoms with E-state index in [1.807, 2.05) is 50.2 Å². The average Bonchev–Trinajstić information content (AvgIpc) is 3.26. The van der Waals surface area contributed by atoms with Crippen LogP contribution in [0.4, 0.5) is 0 Å². The molecule has 2 heterocycles. The molecule has 5 heteroatoms. The second-order valence-electron chi connectivity index (χ2n) is 7.07. The minimum Gasteiger partial charge on any atom is -0.491 e.